The molecule has 2 rings (SSSR count). The minimum Gasteiger partial charge on any atom is -0.349 e. The van der Waals surface area contributed by atoms with Gasteiger partial charge in [0.25, 0.3) is 5.91 Å². The van der Waals surface area contributed by atoms with E-state index in [2.05, 4.69) is 32.5 Å². The highest BCUT2D eigenvalue weighted by atomic mass is 35.5. The summed E-state index contributed by atoms with van der Waals surface area (Å²) >= 11 is 1.39. The highest BCUT2D eigenvalue weighted by molar-refractivity contribution is 7.13. The van der Waals surface area contributed by atoms with Gasteiger partial charge in [0, 0.05) is 30.9 Å². The van der Waals surface area contributed by atoms with Crippen molar-refractivity contribution in [2.75, 3.05) is 19.6 Å². The maximum absolute atomic E-state index is 11.9. The summed E-state index contributed by atoms with van der Waals surface area (Å²) in [5, 5.41) is 8.49. The van der Waals surface area contributed by atoms with E-state index >= 15 is 0 Å². The number of hydrogen-bond donors (Lipinski definition) is 2. The van der Waals surface area contributed by atoms with Gasteiger partial charge in [-0.3, -0.25) is 14.8 Å². The molecule has 22 heavy (non-hydrogen) atoms. The normalized spacial score (nSPS) is 9.50. The molecule has 0 unspecified atom stereocenters. The number of carbonyl (C=O) groups is 1. The van der Waals surface area contributed by atoms with E-state index in [1.807, 2.05) is 0 Å². The average Bonchev–Trinajstić information content (AvgIpc) is 2.98. The van der Waals surface area contributed by atoms with Gasteiger partial charge in [-0.25, -0.2) is 4.98 Å². The van der Waals surface area contributed by atoms with Crippen molar-refractivity contribution in [2.45, 2.75) is 13.3 Å². The monoisotopic (exact) mass is 363 g/mol. The van der Waals surface area contributed by atoms with Crippen LogP contribution in [0.15, 0.2) is 24.0 Å². The third kappa shape index (κ3) is 6.23. The molecule has 0 saturated heterocycles. The fourth-order valence-corrected chi connectivity index (χ4v) is 2.32. The summed E-state index contributed by atoms with van der Waals surface area (Å²) in [7, 11) is 0. The Morgan fingerprint density at radius 2 is 2.05 bits per heavy atom. The Morgan fingerprint density at radius 1 is 1.23 bits per heavy atom. The number of thiazole rings is 1. The zero-order valence-electron chi connectivity index (χ0n) is 12.1. The number of rotatable bonds is 7. The summed E-state index contributed by atoms with van der Waals surface area (Å²) in [5.74, 6) is -0.158. The summed E-state index contributed by atoms with van der Waals surface area (Å²) in [5.41, 5.74) is 1.10. The lowest BCUT2D eigenvalue weighted by Crippen LogP contribution is -2.32. The second kappa shape index (κ2) is 11.3. The van der Waals surface area contributed by atoms with Crippen molar-refractivity contribution in [3.8, 4) is 10.7 Å². The molecule has 2 N–H and O–H groups in total. The summed E-state index contributed by atoms with van der Waals surface area (Å²) < 4.78 is 0. The Kier molecular flexibility index (Phi) is 10.7. The van der Waals surface area contributed by atoms with Crippen LogP contribution < -0.4 is 10.6 Å². The van der Waals surface area contributed by atoms with Crippen molar-refractivity contribution in [1.29, 1.82) is 0 Å². The van der Waals surface area contributed by atoms with Crippen molar-refractivity contribution >= 4 is 42.1 Å². The van der Waals surface area contributed by atoms with Crippen molar-refractivity contribution < 1.29 is 4.79 Å². The van der Waals surface area contributed by atoms with Crippen LogP contribution in [0.1, 0.15) is 23.8 Å². The highest BCUT2D eigenvalue weighted by Gasteiger charge is 2.11. The Bertz CT molecular complexity index is 552. The molecule has 0 saturated carbocycles. The van der Waals surface area contributed by atoms with Crippen molar-refractivity contribution in [3.05, 3.63) is 29.7 Å². The van der Waals surface area contributed by atoms with E-state index in [1.54, 1.807) is 24.0 Å². The maximum atomic E-state index is 11.9. The van der Waals surface area contributed by atoms with E-state index in [4.69, 9.17) is 0 Å². The molecule has 122 valence electrons. The first-order valence-electron chi connectivity index (χ1n) is 6.52. The number of nitrogens with zero attached hydrogens (tertiary/aromatic N) is 3. The zero-order chi connectivity index (χ0) is 14.2. The fraction of sp³-hybridized carbons (Fsp3) is 0.385. The number of amides is 1. The van der Waals surface area contributed by atoms with Crippen LogP contribution in [0.3, 0.4) is 0 Å². The number of nitrogens with one attached hydrogen (secondary N) is 2. The smallest absolute Gasteiger partial charge is 0.270 e. The van der Waals surface area contributed by atoms with Gasteiger partial charge < -0.3 is 10.6 Å². The molecule has 2 aromatic rings. The van der Waals surface area contributed by atoms with Crippen molar-refractivity contribution in [2.24, 2.45) is 0 Å². The standard InChI is InChI=1S/C13H17N5OS.2ClH/c1-2-3-14-4-7-17-12(19)11-9-20-13(18-11)10-8-15-5-6-16-10;;/h5-6,8-9,14H,2-4,7H2,1H3,(H,17,19);2*1H. The van der Waals surface area contributed by atoms with Crippen LogP contribution in [-0.4, -0.2) is 40.5 Å². The van der Waals surface area contributed by atoms with E-state index in [-0.39, 0.29) is 30.7 Å². The van der Waals surface area contributed by atoms with Gasteiger partial charge in [0.1, 0.15) is 16.4 Å². The largest absolute Gasteiger partial charge is 0.349 e. The van der Waals surface area contributed by atoms with E-state index in [9.17, 15) is 4.79 Å². The molecular formula is C13H19Cl2N5OS. The molecule has 0 radical (unpaired) electrons. The van der Waals surface area contributed by atoms with Crippen LogP contribution in [-0.2, 0) is 0 Å². The second-order valence-corrected chi connectivity index (χ2v) is 4.99. The Balaban J connectivity index is 0.00000220. The summed E-state index contributed by atoms with van der Waals surface area (Å²) in [6, 6.07) is 0. The first-order chi connectivity index (χ1) is 9.81. The SMILES string of the molecule is CCCNCCNC(=O)c1csc(-c2cnccn2)n1.Cl.Cl. The second-order valence-electron chi connectivity index (χ2n) is 4.13. The molecule has 0 spiro atoms. The molecule has 1 amide bonds. The van der Waals surface area contributed by atoms with Gasteiger partial charge in [-0.05, 0) is 13.0 Å². The van der Waals surface area contributed by atoms with Crippen LogP contribution in [0.2, 0.25) is 0 Å². The minimum atomic E-state index is -0.158. The van der Waals surface area contributed by atoms with Gasteiger partial charge in [0.05, 0.1) is 6.20 Å². The predicted molar refractivity (Wildman–Crippen MR) is 93.1 cm³/mol. The predicted octanol–water partition coefficient (Wildman–Crippen LogP) is 2.17. The van der Waals surface area contributed by atoms with Gasteiger partial charge in [-0.15, -0.1) is 36.2 Å². The molecule has 0 aliphatic carbocycles. The fourth-order valence-electron chi connectivity index (χ4n) is 1.56. The average molecular weight is 364 g/mol. The molecular weight excluding hydrogens is 345 g/mol. The van der Waals surface area contributed by atoms with E-state index in [0.717, 1.165) is 19.5 Å². The van der Waals surface area contributed by atoms with E-state index in [0.29, 0.717) is 22.9 Å². The number of aromatic nitrogens is 3. The molecule has 9 heteroatoms. The Labute approximate surface area is 146 Å². The molecule has 0 bridgehead atoms. The number of halogens is 2. The van der Waals surface area contributed by atoms with Gasteiger partial charge in [-0.1, -0.05) is 6.92 Å². The third-order valence-corrected chi connectivity index (χ3v) is 3.40. The first-order valence-corrected chi connectivity index (χ1v) is 7.40. The first kappa shape index (κ1) is 20.7. The van der Waals surface area contributed by atoms with Gasteiger partial charge in [0.2, 0.25) is 0 Å². The van der Waals surface area contributed by atoms with Crippen LogP contribution in [0, 0.1) is 0 Å². The Hall–Kier alpha value is -1.28. The van der Waals surface area contributed by atoms with Gasteiger partial charge in [-0.2, -0.15) is 0 Å². The molecule has 0 aliphatic heterocycles. The molecule has 2 aromatic heterocycles. The highest BCUT2D eigenvalue weighted by Crippen LogP contribution is 2.20. The third-order valence-electron chi connectivity index (χ3n) is 2.53. The van der Waals surface area contributed by atoms with Crippen molar-refractivity contribution in [3.63, 3.8) is 0 Å². The quantitative estimate of drug-likeness (QED) is 0.736. The zero-order valence-corrected chi connectivity index (χ0v) is 14.6. The molecule has 0 aromatic carbocycles. The molecule has 0 aliphatic rings. The van der Waals surface area contributed by atoms with E-state index < -0.39 is 0 Å². The number of hydrogen-bond acceptors (Lipinski definition) is 6. The van der Waals surface area contributed by atoms with Gasteiger partial charge in [0.15, 0.2) is 0 Å². The summed E-state index contributed by atoms with van der Waals surface area (Å²) in [6.07, 6.45) is 5.93. The van der Waals surface area contributed by atoms with Crippen LogP contribution in [0.5, 0.6) is 0 Å². The Morgan fingerprint density at radius 3 is 2.73 bits per heavy atom. The van der Waals surface area contributed by atoms with Crippen molar-refractivity contribution in [1.82, 2.24) is 25.6 Å². The molecule has 0 fully saturated rings. The van der Waals surface area contributed by atoms with Crippen LogP contribution in [0.4, 0.5) is 0 Å². The maximum Gasteiger partial charge on any atom is 0.270 e. The lowest BCUT2D eigenvalue weighted by Gasteiger charge is -2.04. The number of carbonyl (C=O) groups excluding carboxylic acids is 1. The van der Waals surface area contributed by atoms with Crippen LogP contribution >= 0.6 is 36.2 Å². The summed E-state index contributed by atoms with van der Waals surface area (Å²) in [6.45, 7) is 4.43. The topological polar surface area (TPSA) is 79.8 Å². The van der Waals surface area contributed by atoms with Gasteiger partial charge >= 0.3 is 0 Å². The lowest BCUT2D eigenvalue weighted by atomic mass is 10.4. The summed E-state index contributed by atoms with van der Waals surface area (Å²) in [4.78, 5) is 24.3. The molecule has 2 heterocycles. The molecule has 0 atom stereocenters. The van der Waals surface area contributed by atoms with E-state index in [1.165, 1.54) is 11.3 Å². The van der Waals surface area contributed by atoms with Crippen LogP contribution in [0.25, 0.3) is 10.7 Å². The lowest BCUT2D eigenvalue weighted by molar-refractivity contribution is 0.0949. The minimum absolute atomic E-state index is 0. The molecule has 6 nitrogen and oxygen atoms in total.